The molecule has 3 fully saturated rings. The van der Waals surface area contributed by atoms with E-state index in [1.165, 1.54) is 36.6 Å². The Kier molecular flexibility index (Phi) is 7.13. The smallest absolute Gasteiger partial charge is 0.414 e. The summed E-state index contributed by atoms with van der Waals surface area (Å²) in [5, 5.41) is 3.24. The molecule has 32 heavy (non-hydrogen) atoms. The van der Waals surface area contributed by atoms with Crippen molar-refractivity contribution in [2.24, 2.45) is 5.92 Å². The number of hydrogen-bond donors (Lipinski definition) is 1. The Hall–Kier alpha value is -2.42. The van der Waals surface area contributed by atoms with Gasteiger partial charge in [-0.25, -0.2) is 9.18 Å². The van der Waals surface area contributed by atoms with E-state index in [2.05, 4.69) is 5.32 Å². The molecule has 3 aliphatic rings. The second kappa shape index (κ2) is 10.0. The van der Waals surface area contributed by atoms with Crippen LogP contribution in [0.5, 0.6) is 0 Å². The lowest BCUT2D eigenvalue weighted by Crippen LogP contribution is -2.48. The van der Waals surface area contributed by atoms with E-state index in [-0.39, 0.29) is 17.8 Å². The number of rotatable bonds is 6. The van der Waals surface area contributed by atoms with Gasteiger partial charge in [0.05, 0.1) is 29.5 Å². The zero-order valence-electron chi connectivity index (χ0n) is 18.5. The summed E-state index contributed by atoms with van der Waals surface area (Å²) in [7, 11) is 0. The predicted molar refractivity (Wildman–Crippen MR) is 126 cm³/mol. The van der Waals surface area contributed by atoms with Crippen molar-refractivity contribution in [2.45, 2.75) is 45.1 Å². The van der Waals surface area contributed by atoms with Crippen LogP contribution in [0.25, 0.3) is 0 Å². The molecule has 2 saturated heterocycles. The number of piperazine rings is 1. The van der Waals surface area contributed by atoms with Crippen molar-refractivity contribution < 1.29 is 18.7 Å². The van der Waals surface area contributed by atoms with Gasteiger partial charge in [-0.2, -0.15) is 0 Å². The lowest BCUT2D eigenvalue weighted by atomic mass is 10.0. The molecule has 1 atom stereocenters. The van der Waals surface area contributed by atoms with Gasteiger partial charge in [0.25, 0.3) is 0 Å². The Morgan fingerprint density at radius 2 is 1.94 bits per heavy atom. The van der Waals surface area contributed by atoms with E-state index in [1.54, 1.807) is 24.0 Å². The van der Waals surface area contributed by atoms with Crippen molar-refractivity contribution in [3.05, 3.63) is 24.0 Å². The number of amides is 2. The normalized spacial score (nSPS) is 21.8. The van der Waals surface area contributed by atoms with Crippen molar-refractivity contribution in [1.29, 1.82) is 0 Å². The number of hydrogen-bond acceptors (Lipinski definition) is 5. The molecule has 2 heterocycles. The van der Waals surface area contributed by atoms with E-state index in [1.807, 2.05) is 4.90 Å². The Morgan fingerprint density at radius 3 is 2.59 bits per heavy atom. The lowest BCUT2D eigenvalue weighted by Gasteiger charge is -2.35. The van der Waals surface area contributed by atoms with E-state index >= 15 is 0 Å². The Morgan fingerprint density at radius 1 is 1.22 bits per heavy atom. The van der Waals surface area contributed by atoms with Gasteiger partial charge in [-0.3, -0.25) is 9.69 Å². The average Bonchev–Trinajstić information content (AvgIpc) is 3.41. The topological polar surface area (TPSA) is 65.1 Å². The molecule has 1 aromatic carbocycles. The van der Waals surface area contributed by atoms with Crippen LogP contribution in [0.4, 0.5) is 20.6 Å². The quantitative estimate of drug-likeness (QED) is 0.655. The number of ether oxygens (including phenoxy) is 1. The summed E-state index contributed by atoms with van der Waals surface area (Å²) in [6.45, 7) is 4.68. The molecule has 0 bridgehead atoms. The van der Waals surface area contributed by atoms with Gasteiger partial charge >= 0.3 is 6.09 Å². The van der Waals surface area contributed by atoms with Crippen LogP contribution in [0.15, 0.2) is 18.2 Å². The molecule has 0 spiro atoms. The fourth-order valence-corrected chi connectivity index (χ4v) is 5.12. The first-order valence-electron chi connectivity index (χ1n) is 11.5. The highest BCUT2D eigenvalue weighted by molar-refractivity contribution is 7.80. The van der Waals surface area contributed by atoms with E-state index < -0.39 is 6.09 Å². The summed E-state index contributed by atoms with van der Waals surface area (Å²) in [6, 6.07) is 4.83. The third-order valence-corrected chi connectivity index (χ3v) is 6.97. The van der Waals surface area contributed by atoms with Crippen LogP contribution in [-0.4, -0.2) is 67.3 Å². The molecule has 1 aromatic rings. The SMILES string of the molecule is CC(=O)N1CCN(c2ccc(N3C[C@H](CNC(=S)CC4CCCC4)OC3=O)cc2F)CC1. The molecule has 7 nitrogen and oxygen atoms in total. The van der Waals surface area contributed by atoms with Crippen LogP contribution in [0, 0.1) is 11.7 Å². The molecule has 1 aliphatic carbocycles. The highest BCUT2D eigenvalue weighted by Gasteiger charge is 2.33. The number of carbonyl (C=O) groups is 2. The number of thiocarbonyl (C=S) groups is 1. The number of benzene rings is 1. The number of nitrogens with zero attached hydrogens (tertiary/aromatic N) is 3. The van der Waals surface area contributed by atoms with Gasteiger partial charge in [-0.05, 0) is 24.1 Å². The fourth-order valence-electron chi connectivity index (χ4n) is 4.80. The Labute approximate surface area is 193 Å². The lowest BCUT2D eigenvalue weighted by molar-refractivity contribution is -0.129. The second-order valence-electron chi connectivity index (χ2n) is 8.90. The molecule has 9 heteroatoms. The molecule has 0 radical (unpaired) electrons. The van der Waals surface area contributed by atoms with Crippen LogP contribution in [0.1, 0.15) is 39.0 Å². The molecule has 0 unspecified atom stereocenters. The van der Waals surface area contributed by atoms with Gasteiger partial charge < -0.3 is 19.9 Å². The summed E-state index contributed by atoms with van der Waals surface area (Å²) in [5.74, 6) is 0.326. The third-order valence-electron chi connectivity index (χ3n) is 6.66. The summed E-state index contributed by atoms with van der Waals surface area (Å²) in [6.07, 6.45) is 5.14. The Balaban J connectivity index is 1.30. The molecule has 4 rings (SSSR count). The number of anilines is 2. The zero-order chi connectivity index (χ0) is 22.7. The first-order chi connectivity index (χ1) is 15.4. The van der Waals surface area contributed by atoms with Crippen LogP contribution in [-0.2, 0) is 9.53 Å². The van der Waals surface area contributed by atoms with Crippen LogP contribution >= 0.6 is 12.2 Å². The fraction of sp³-hybridized carbons (Fsp3) is 0.609. The minimum atomic E-state index is -0.472. The predicted octanol–water partition coefficient (Wildman–Crippen LogP) is 3.32. The van der Waals surface area contributed by atoms with Gasteiger partial charge in [0.15, 0.2) is 0 Å². The van der Waals surface area contributed by atoms with E-state index in [4.69, 9.17) is 17.0 Å². The number of halogens is 1. The summed E-state index contributed by atoms with van der Waals surface area (Å²) in [5.41, 5.74) is 0.967. The molecule has 1 saturated carbocycles. The summed E-state index contributed by atoms with van der Waals surface area (Å²) < 4.78 is 20.3. The van der Waals surface area contributed by atoms with Crippen LogP contribution < -0.4 is 15.1 Å². The number of cyclic esters (lactones) is 1. The molecule has 2 aliphatic heterocycles. The first-order valence-corrected chi connectivity index (χ1v) is 11.9. The van der Waals surface area contributed by atoms with Crippen LogP contribution in [0.2, 0.25) is 0 Å². The van der Waals surface area contributed by atoms with Crippen molar-refractivity contribution >= 4 is 40.6 Å². The monoisotopic (exact) mass is 462 g/mol. The van der Waals surface area contributed by atoms with Crippen molar-refractivity contribution in [3.8, 4) is 0 Å². The number of carbonyl (C=O) groups excluding carboxylic acids is 2. The van der Waals surface area contributed by atoms with E-state index in [0.29, 0.717) is 56.6 Å². The summed E-state index contributed by atoms with van der Waals surface area (Å²) >= 11 is 5.45. The highest BCUT2D eigenvalue weighted by Crippen LogP contribution is 2.29. The van der Waals surface area contributed by atoms with Gasteiger partial charge in [0.1, 0.15) is 11.9 Å². The van der Waals surface area contributed by atoms with Gasteiger partial charge in [-0.1, -0.05) is 37.9 Å². The average molecular weight is 463 g/mol. The van der Waals surface area contributed by atoms with Gasteiger partial charge in [0, 0.05) is 39.5 Å². The maximum Gasteiger partial charge on any atom is 0.414 e. The van der Waals surface area contributed by atoms with E-state index in [0.717, 1.165) is 11.4 Å². The summed E-state index contributed by atoms with van der Waals surface area (Å²) in [4.78, 5) is 29.9. The van der Waals surface area contributed by atoms with Gasteiger partial charge in [0.2, 0.25) is 5.91 Å². The molecule has 0 aromatic heterocycles. The maximum atomic E-state index is 14.9. The molecule has 2 amide bonds. The zero-order valence-corrected chi connectivity index (χ0v) is 19.3. The Bertz CT molecular complexity index is 869. The molecule has 174 valence electrons. The van der Waals surface area contributed by atoms with Crippen molar-refractivity contribution in [2.75, 3.05) is 49.1 Å². The first kappa shape index (κ1) is 22.8. The molecular weight excluding hydrogens is 431 g/mol. The van der Waals surface area contributed by atoms with Gasteiger partial charge in [-0.15, -0.1) is 0 Å². The number of nitrogens with one attached hydrogen (secondary N) is 1. The van der Waals surface area contributed by atoms with Crippen LogP contribution in [0.3, 0.4) is 0 Å². The third kappa shape index (κ3) is 5.31. The maximum absolute atomic E-state index is 14.9. The molecule has 1 N–H and O–H groups in total. The largest absolute Gasteiger partial charge is 0.442 e. The minimum Gasteiger partial charge on any atom is -0.442 e. The van der Waals surface area contributed by atoms with Crippen molar-refractivity contribution in [1.82, 2.24) is 10.2 Å². The standard InChI is InChI=1S/C23H31FN4O3S/c1-16(29)26-8-10-27(11-9-26)21-7-6-18(13-20(21)24)28-15-19(31-23(28)30)14-25-22(32)12-17-4-2-3-5-17/h6-7,13,17,19H,2-5,8-12,14-15H2,1H3,(H,25,32)/t19-/m0/s1. The second-order valence-corrected chi connectivity index (χ2v) is 9.40. The van der Waals surface area contributed by atoms with E-state index in [9.17, 15) is 14.0 Å². The molecular formula is C23H31FN4O3S. The highest BCUT2D eigenvalue weighted by atomic mass is 32.1. The minimum absolute atomic E-state index is 0.0383. The van der Waals surface area contributed by atoms with Crippen molar-refractivity contribution in [3.63, 3.8) is 0 Å².